The van der Waals surface area contributed by atoms with Crippen molar-refractivity contribution in [2.45, 2.75) is 51.5 Å². The number of rotatable bonds is 6. The lowest BCUT2D eigenvalue weighted by Crippen LogP contribution is -2.45. The van der Waals surface area contributed by atoms with Gasteiger partial charge in [-0.25, -0.2) is 4.98 Å². The van der Waals surface area contributed by atoms with Gasteiger partial charge >= 0.3 is 0 Å². The third-order valence-corrected chi connectivity index (χ3v) is 8.82. The number of ether oxygens (including phenoxy) is 2. The summed E-state index contributed by atoms with van der Waals surface area (Å²) >= 11 is 7.84. The third kappa shape index (κ3) is 4.41. The van der Waals surface area contributed by atoms with Gasteiger partial charge in [-0.3, -0.25) is 9.59 Å². The van der Waals surface area contributed by atoms with Crippen LogP contribution in [0, 0.1) is 19.8 Å². The lowest BCUT2D eigenvalue weighted by molar-refractivity contribution is -0.0367. The number of carbonyl (C=O) groups is 2. The van der Waals surface area contributed by atoms with Crippen LogP contribution < -0.4 is 10.1 Å². The molecule has 9 heteroatoms. The maximum Gasteiger partial charge on any atom is 0.274 e. The van der Waals surface area contributed by atoms with E-state index in [1.807, 2.05) is 36.9 Å². The van der Waals surface area contributed by atoms with Crippen LogP contribution in [-0.2, 0) is 11.2 Å². The van der Waals surface area contributed by atoms with Gasteiger partial charge in [-0.15, -0.1) is 11.3 Å². The van der Waals surface area contributed by atoms with E-state index in [-0.39, 0.29) is 23.9 Å². The van der Waals surface area contributed by atoms with Gasteiger partial charge in [0.2, 0.25) is 6.29 Å². The van der Waals surface area contributed by atoms with Crippen LogP contribution in [0.1, 0.15) is 49.8 Å². The zero-order chi connectivity index (χ0) is 25.8. The molecule has 1 N–H and O–H groups in total. The summed E-state index contributed by atoms with van der Waals surface area (Å²) in [5.41, 5.74) is 3.94. The number of aromatic nitrogens is 1. The van der Waals surface area contributed by atoms with Crippen LogP contribution in [0.5, 0.6) is 5.75 Å². The second kappa shape index (κ2) is 9.42. The number of hydrogen-bond acceptors (Lipinski definition) is 6. The van der Waals surface area contributed by atoms with Gasteiger partial charge in [0, 0.05) is 37.2 Å². The van der Waals surface area contributed by atoms with E-state index in [1.54, 1.807) is 30.6 Å². The van der Waals surface area contributed by atoms with Crippen LogP contribution in [0.3, 0.4) is 0 Å². The molecule has 0 radical (unpaired) electrons. The smallest absolute Gasteiger partial charge is 0.274 e. The van der Waals surface area contributed by atoms with Gasteiger partial charge in [-0.2, -0.15) is 0 Å². The minimum Gasteiger partial charge on any atom is -0.463 e. The monoisotopic (exact) mass is 537 g/mol. The lowest BCUT2D eigenvalue weighted by Gasteiger charge is -2.28. The molecule has 1 saturated heterocycles. The molecule has 2 aromatic carbocycles. The predicted molar refractivity (Wildman–Crippen MR) is 142 cm³/mol. The van der Waals surface area contributed by atoms with E-state index in [9.17, 15) is 9.59 Å². The van der Waals surface area contributed by atoms with Crippen LogP contribution in [-0.4, -0.2) is 53.7 Å². The second-order valence-electron chi connectivity index (χ2n) is 10.0. The molecule has 4 atom stereocenters. The number of fused-ring (bicyclic) bond motifs is 2. The lowest BCUT2D eigenvalue weighted by atomic mass is 10.0. The molecule has 3 aromatic rings. The first-order valence-corrected chi connectivity index (χ1v) is 13.7. The van der Waals surface area contributed by atoms with Gasteiger partial charge in [0.25, 0.3) is 11.8 Å². The molecule has 0 bridgehead atoms. The number of piperidine rings is 1. The number of halogens is 1. The number of thiazole rings is 1. The second-order valence-corrected chi connectivity index (χ2v) is 11.7. The molecular weight excluding hydrogens is 510 g/mol. The van der Waals surface area contributed by atoms with Crippen LogP contribution in [0.2, 0.25) is 5.02 Å². The summed E-state index contributed by atoms with van der Waals surface area (Å²) in [6, 6.07) is 11.7. The summed E-state index contributed by atoms with van der Waals surface area (Å²) in [4.78, 5) is 34.6. The molecule has 37 heavy (non-hydrogen) atoms. The largest absolute Gasteiger partial charge is 0.463 e. The molecule has 3 aliphatic rings. The first-order valence-electron chi connectivity index (χ1n) is 12.5. The Hall–Kier alpha value is -2.94. The number of carbonyl (C=O) groups excluding carboxylic acids is 2. The molecule has 0 spiro atoms. The Morgan fingerprint density at radius 1 is 1.24 bits per heavy atom. The van der Waals surface area contributed by atoms with Crippen molar-refractivity contribution >= 4 is 34.8 Å². The SMILES string of the molecule is COC1Cc2c(C(=O)NC[C@@H]3C[C@@H]4C[C@@H]4N3C(=O)c3nc(C)sc3-c3cccc(C)c3)ccc(Cl)c2O1. The molecule has 1 saturated carbocycles. The molecule has 1 aliphatic carbocycles. The minimum absolute atomic E-state index is 0.0474. The third-order valence-electron chi connectivity index (χ3n) is 7.50. The van der Waals surface area contributed by atoms with Gasteiger partial charge < -0.3 is 19.7 Å². The highest BCUT2D eigenvalue weighted by Gasteiger charge is 2.54. The van der Waals surface area contributed by atoms with Crippen LogP contribution >= 0.6 is 22.9 Å². The van der Waals surface area contributed by atoms with Crippen LogP contribution in [0.15, 0.2) is 36.4 Å². The Bertz CT molecular complexity index is 1410. The first kappa shape index (κ1) is 24.4. The van der Waals surface area contributed by atoms with E-state index >= 15 is 0 Å². The molecule has 2 fully saturated rings. The Morgan fingerprint density at radius 3 is 2.86 bits per heavy atom. The molecule has 2 aliphatic heterocycles. The fraction of sp³-hybridized carbons (Fsp3) is 0.393. The van der Waals surface area contributed by atoms with E-state index in [2.05, 4.69) is 16.4 Å². The van der Waals surface area contributed by atoms with Crippen LogP contribution in [0.4, 0.5) is 0 Å². The Morgan fingerprint density at radius 2 is 2.08 bits per heavy atom. The highest BCUT2D eigenvalue weighted by Crippen LogP contribution is 2.49. The van der Waals surface area contributed by atoms with Crippen LogP contribution in [0.25, 0.3) is 10.4 Å². The molecule has 192 valence electrons. The zero-order valence-electron chi connectivity index (χ0n) is 20.9. The van der Waals surface area contributed by atoms with E-state index in [0.717, 1.165) is 39.4 Å². The van der Waals surface area contributed by atoms with Crippen molar-refractivity contribution < 1.29 is 19.1 Å². The fourth-order valence-corrected chi connectivity index (χ4v) is 6.78. The summed E-state index contributed by atoms with van der Waals surface area (Å²) in [5.74, 6) is 0.742. The van der Waals surface area contributed by atoms with Gasteiger partial charge in [-0.05, 0) is 50.3 Å². The Kier molecular flexibility index (Phi) is 6.21. The maximum atomic E-state index is 13.9. The number of amides is 2. The van der Waals surface area contributed by atoms with E-state index < -0.39 is 6.29 Å². The molecule has 1 aromatic heterocycles. The number of nitrogens with zero attached hydrogens (tertiary/aromatic N) is 2. The van der Waals surface area contributed by atoms with Crippen molar-refractivity contribution in [2.75, 3.05) is 13.7 Å². The van der Waals surface area contributed by atoms with Crippen molar-refractivity contribution in [1.82, 2.24) is 15.2 Å². The molecular formula is C28H28ClN3O4S. The summed E-state index contributed by atoms with van der Waals surface area (Å²) < 4.78 is 11.0. The van der Waals surface area contributed by atoms with Gasteiger partial charge in [-0.1, -0.05) is 41.4 Å². The van der Waals surface area contributed by atoms with E-state index in [0.29, 0.717) is 40.9 Å². The Labute approximate surface area is 224 Å². The molecule has 3 heterocycles. The standard InChI is InChI=1S/C28H28ClN3O4S/c1-14-5-4-6-16(9-14)26-24(31-15(2)37-26)28(34)32-18(10-17-11-22(17)32)13-30-27(33)19-7-8-21(29)25-20(19)12-23(35-3)36-25/h4-9,17-18,22-23H,10-13H2,1-3H3,(H,30,33)/t17-,18+,22+,23?/m1/s1. The Balaban J connectivity index is 1.21. The van der Waals surface area contributed by atoms with Gasteiger partial charge in [0.15, 0.2) is 0 Å². The summed E-state index contributed by atoms with van der Waals surface area (Å²) in [5, 5.41) is 4.39. The number of hydrogen-bond donors (Lipinski definition) is 1. The molecule has 7 nitrogen and oxygen atoms in total. The molecule has 1 unspecified atom stereocenters. The quantitative estimate of drug-likeness (QED) is 0.477. The van der Waals surface area contributed by atoms with Crippen molar-refractivity contribution in [1.29, 1.82) is 0 Å². The van der Waals surface area contributed by atoms with Gasteiger partial charge in [0.05, 0.1) is 20.9 Å². The maximum absolute atomic E-state index is 13.9. The summed E-state index contributed by atoms with van der Waals surface area (Å²) in [6.07, 6.45) is 1.89. The van der Waals surface area contributed by atoms with Crippen molar-refractivity contribution in [3.63, 3.8) is 0 Å². The predicted octanol–water partition coefficient (Wildman–Crippen LogP) is 5.02. The molecule has 2 amide bonds. The number of nitrogens with one attached hydrogen (secondary N) is 1. The molecule has 6 rings (SSSR count). The number of aryl methyl sites for hydroxylation is 2. The van der Waals surface area contributed by atoms with E-state index in [1.165, 1.54) is 0 Å². The van der Waals surface area contributed by atoms with Crippen molar-refractivity contribution in [3.05, 3.63) is 68.8 Å². The highest BCUT2D eigenvalue weighted by molar-refractivity contribution is 7.15. The average Bonchev–Trinajstić information content (AvgIpc) is 3.22. The zero-order valence-corrected chi connectivity index (χ0v) is 22.5. The fourth-order valence-electron chi connectivity index (χ4n) is 5.65. The first-order chi connectivity index (χ1) is 17.8. The summed E-state index contributed by atoms with van der Waals surface area (Å²) in [7, 11) is 1.56. The van der Waals surface area contributed by atoms with Gasteiger partial charge in [0.1, 0.15) is 11.4 Å². The number of benzene rings is 2. The highest BCUT2D eigenvalue weighted by atomic mass is 35.5. The average molecular weight is 538 g/mol. The van der Waals surface area contributed by atoms with Crippen molar-refractivity contribution in [3.8, 4) is 16.2 Å². The minimum atomic E-state index is -0.458. The normalized spacial score (nSPS) is 23.4. The number of methoxy groups -OCH3 is 1. The number of likely N-dealkylation sites (tertiary alicyclic amines) is 1. The summed E-state index contributed by atoms with van der Waals surface area (Å²) in [6.45, 7) is 4.36. The van der Waals surface area contributed by atoms with E-state index in [4.69, 9.17) is 21.1 Å². The van der Waals surface area contributed by atoms with Crippen molar-refractivity contribution in [2.24, 2.45) is 5.92 Å². The topological polar surface area (TPSA) is 80.8 Å².